The van der Waals surface area contributed by atoms with Gasteiger partial charge in [-0.3, -0.25) is 14.5 Å². The number of nitrogens with two attached hydrogens (primary N) is 1. The maximum atomic E-state index is 12.5. The van der Waals surface area contributed by atoms with E-state index in [1.807, 2.05) is 0 Å². The van der Waals surface area contributed by atoms with Gasteiger partial charge in [0, 0.05) is 24.7 Å². The van der Waals surface area contributed by atoms with Crippen LogP contribution in [0.2, 0.25) is 0 Å². The predicted octanol–water partition coefficient (Wildman–Crippen LogP) is 0.733. The van der Waals surface area contributed by atoms with Crippen LogP contribution in [0.3, 0.4) is 0 Å². The standard InChI is InChI=1S/C16H22N4O3S.ClH/c1-11-6-7-20(12(8-11)9-17)15(21)10-18-16-13-4-2-3-5-14(13)24(22,23)19-16;/h2-5,11-12H,6-10,17H2,1H3,(H,18,19);1H. The molecular weight excluding hydrogens is 364 g/mol. The summed E-state index contributed by atoms with van der Waals surface area (Å²) in [4.78, 5) is 18.7. The van der Waals surface area contributed by atoms with Gasteiger partial charge < -0.3 is 10.6 Å². The number of amidine groups is 1. The second-order valence-corrected chi connectivity index (χ2v) is 8.02. The van der Waals surface area contributed by atoms with Gasteiger partial charge in [0.05, 0.1) is 4.90 Å². The SMILES string of the molecule is CC1CCN(C(=O)CN=C2NS(=O)(=O)c3ccccc32)C(CN)C1.Cl. The van der Waals surface area contributed by atoms with Crippen molar-refractivity contribution in [3.63, 3.8) is 0 Å². The van der Waals surface area contributed by atoms with Gasteiger partial charge in [0.1, 0.15) is 12.4 Å². The van der Waals surface area contributed by atoms with E-state index in [1.54, 1.807) is 23.1 Å². The molecule has 2 unspecified atom stereocenters. The minimum Gasteiger partial charge on any atom is -0.337 e. The van der Waals surface area contributed by atoms with Crippen molar-refractivity contribution in [2.75, 3.05) is 19.6 Å². The summed E-state index contributed by atoms with van der Waals surface area (Å²) in [5.41, 5.74) is 6.30. The molecule has 1 amide bonds. The Bertz CT molecular complexity index is 781. The maximum absolute atomic E-state index is 12.5. The highest BCUT2D eigenvalue weighted by Gasteiger charge is 2.31. The monoisotopic (exact) mass is 386 g/mol. The third-order valence-corrected chi connectivity index (χ3v) is 6.00. The fourth-order valence-electron chi connectivity index (χ4n) is 3.29. The fraction of sp³-hybridized carbons (Fsp3) is 0.500. The van der Waals surface area contributed by atoms with E-state index in [9.17, 15) is 13.2 Å². The number of hydrogen-bond donors (Lipinski definition) is 2. The largest absolute Gasteiger partial charge is 0.337 e. The van der Waals surface area contributed by atoms with Crippen LogP contribution in [0.4, 0.5) is 0 Å². The molecule has 2 heterocycles. The van der Waals surface area contributed by atoms with Gasteiger partial charge in [-0.1, -0.05) is 19.1 Å². The Morgan fingerprint density at radius 2 is 2.12 bits per heavy atom. The number of piperidine rings is 1. The lowest BCUT2D eigenvalue weighted by atomic mass is 9.92. The fourth-order valence-corrected chi connectivity index (χ4v) is 4.54. The van der Waals surface area contributed by atoms with E-state index in [4.69, 9.17) is 5.73 Å². The van der Waals surface area contributed by atoms with Crippen LogP contribution in [0.5, 0.6) is 0 Å². The summed E-state index contributed by atoms with van der Waals surface area (Å²) in [6, 6.07) is 6.65. The molecule has 0 spiro atoms. The molecular formula is C16H23ClN4O3S. The first-order chi connectivity index (χ1) is 11.4. The number of aliphatic imine (C=N–C) groups is 1. The molecule has 2 atom stereocenters. The molecule has 0 aromatic heterocycles. The van der Waals surface area contributed by atoms with Crippen LogP contribution in [0.1, 0.15) is 25.3 Å². The smallest absolute Gasteiger partial charge is 0.263 e. The number of halogens is 1. The minimum absolute atomic E-state index is 0. The van der Waals surface area contributed by atoms with Crippen molar-refractivity contribution in [1.82, 2.24) is 9.62 Å². The maximum Gasteiger partial charge on any atom is 0.263 e. The number of amides is 1. The van der Waals surface area contributed by atoms with Crippen molar-refractivity contribution in [3.8, 4) is 0 Å². The average molecular weight is 387 g/mol. The molecule has 138 valence electrons. The average Bonchev–Trinajstić information content (AvgIpc) is 2.83. The van der Waals surface area contributed by atoms with E-state index >= 15 is 0 Å². The summed E-state index contributed by atoms with van der Waals surface area (Å²) in [6.45, 7) is 3.18. The van der Waals surface area contributed by atoms with E-state index in [2.05, 4.69) is 16.6 Å². The van der Waals surface area contributed by atoms with E-state index in [1.165, 1.54) is 6.07 Å². The van der Waals surface area contributed by atoms with Crippen LogP contribution in [-0.2, 0) is 14.8 Å². The van der Waals surface area contributed by atoms with E-state index in [0.29, 0.717) is 24.6 Å². The Labute approximate surface area is 154 Å². The Morgan fingerprint density at radius 1 is 1.40 bits per heavy atom. The number of benzene rings is 1. The second-order valence-electron chi connectivity index (χ2n) is 6.37. The Kier molecular flexibility index (Phi) is 6.08. The lowest BCUT2D eigenvalue weighted by Crippen LogP contribution is -2.50. The molecule has 2 aliphatic heterocycles. The second kappa shape index (κ2) is 7.72. The van der Waals surface area contributed by atoms with Gasteiger partial charge in [0.15, 0.2) is 0 Å². The Hall–Kier alpha value is -1.64. The molecule has 25 heavy (non-hydrogen) atoms. The summed E-state index contributed by atoms with van der Waals surface area (Å²) in [5.74, 6) is 0.671. The summed E-state index contributed by atoms with van der Waals surface area (Å²) in [5, 5.41) is 0. The van der Waals surface area contributed by atoms with Crippen LogP contribution < -0.4 is 10.5 Å². The molecule has 1 aromatic rings. The Balaban J connectivity index is 0.00000225. The molecule has 9 heteroatoms. The van der Waals surface area contributed by atoms with E-state index in [-0.39, 0.29) is 41.6 Å². The third kappa shape index (κ3) is 3.96. The van der Waals surface area contributed by atoms with Gasteiger partial charge >= 0.3 is 0 Å². The summed E-state index contributed by atoms with van der Waals surface area (Å²) >= 11 is 0. The van der Waals surface area contributed by atoms with Gasteiger partial charge in [0.25, 0.3) is 10.0 Å². The molecule has 0 saturated carbocycles. The number of likely N-dealkylation sites (tertiary alicyclic amines) is 1. The van der Waals surface area contributed by atoms with Crippen molar-refractivity contribution in [3.05, 3.63) is 29.8 Å². The van der Waals surface area contributed by atoms with Crippen LogP contribution >= 0.6 is 12.4 Å². The number of rotatable bonds is 3. The number of sulfonamides is 1. The molecule has 1 saturated heterocycles. The normalized spacial score (nSPS) is 25.8. The number of carbonyl (C=O) groups is 1. The summed E-state index contributed by atoms with van der Waals surface area (Å²) in [7, 11) is -3.58. The highest BCUT2D eigenvalue weighted by Crippen LogP contribution is 2.23. The van der Waals surface area contributed by atoms with Gasteiger partial charge in [-0.15, -0.1) is 12.4 Å². The first-order valence-electron chi connectivity index (χ1n) is 8.08. The first kappa shape index (κ1) is 19.7. The number of nitrogens with zero attached hydrogens (tertiary/aromatic N) is 2. The van der Waals surface area contributed by atoms with Crippen molar-refractivity contribution in [2.24, 2.45) is 16.6 Å². The number of fused-ring (bicyclic) bond motifs is 1. The van der Waals surface area contributed by atoms with Gasteiger partial charge in [-0.2, -0.15) is 0 Å². The molecule has 7 nitrogen and oxygen atoms in total. The lowest BCUT2D eigenvalue weighted by Gasteiger charge is -2.37. The van der Waals surface area contributed by atoms with Crippen LogP contribution in [-0.4, -0.2) is 50.7 Å². The predicted molar refractivity (Wildman–Crippen MR) is 98.4 cm³/mol. The van der Waals surface area contributed by atoms with Crippen molar-refractivity contribution >= 4 is 34.2 Å². The van der Waals surface area contributed by atoms with E-state index in [0.717, 1.165) is 12.8 Å². The van der Waals surface area contributed by atoms with Crippen LogP contribution in [0, 0.1) is 5.92 Å². The minimum atomic E-state index is -3.58. The summed E-state index contributed by atoms with van der Waals surface area (Å²) in [6.07, 6.45) is 1.85. The van der Waals surface area contributed by atoms with Gasteiger partial charge in [0.2, 0.25) is 5.91 Å². The zero-order valence-corrected chi connectivity index (χ0v) is 15.6. The van der Waals surface area contributed by atoms with Crippen LogP contribution in [0.15, 0.2) is 34.2 Å². The van der Waals surface area contributed by atoms with Crippen molar-refractivity contribution < 1.29 is 13.2 Å². The van der Waals surface area contributed by atoms with Crippen LogP contribution in [0.25, 0.3) is 0 Å². The molecule has 3 N–H and O–H groups in total. The molecule has 1 fully saturated rings. The zero-order chi connectivity index (χ0) is 17.3. The number of hydrogen-bond acceptors (Lipinski definition) is 5. The highest BCUT2D eigenvalue weighted by atomic mass is 35.5. The van der Waals surface area contributed by atoms with Gasteiger partial charge in [-0.25, -0.2) is 8.42 Å². The topological polar surface area (TPSA) is 105 Å². The third-order valence-electron chi connectivity index (χ3n) is 4.61. The quantitative estimate of drug-likeness (QED) is 0.798. The number of carbonyl (C=O) groups excluding carboxylic acids is 1. The van der Waals surface area contributed by atoms with E-state index < -0.39 is 10.0 Å². The lowest BCUT2D eigenvalue weighted by molar-refractivity contribution is -0.133. The zero-order valence-electron chi connectivity index (χ0n) is 14.0. The molecule has 2 aliphatic rings. The molecule has 1 aromatic carbocycles. The Morgan fingerprint density at radius 3 is 2.84 bits per heavy atom. The summed E-state index contributed by atoms with van der Waals surface area (Å²) < 4.78 is 26.5. The van der Waals surface area contributed by atoms with Crippen molar-refractivity contribution in [2.45, 2.75) is 30.7 Å². The molecule has 0 radical (unpaired) electrons. The van der Waals surface area contributed by atoms with Gasteiger partial charge in [-0.05, 0) is 30.9 Å². The first-order valence-corrected chi connectivity index (χ1v) is 9.57. The molecule has 3 rings (SSSR count). The molecule has 0 aliphatic carbocycles. The van der Waals surface area contributed by atoms with Crippen molar-refractivity contribution in [1.29, 1.82) is 0 Å². The number of nitrogens with one attached hydrogen (secondary N) is 1. The highest BCUT2D eigenvalue weighted by molar-refractivity contribution is 7.90. The molecule has 0 bridgehead atoms.